The summed E-state index contributed by atoms with van der Waals surface area (Å²) in [6.07, 6.45) is 0.810. The van der Waals surface area contributed by atoms with Crippen LogP contribution in [0.4, 0.5) is 4.39 Å². The second-order valence-corrected chi connectivity index (χ2v) is 6.80. The Labute approximate surface area is 158 Å². The van der Waals surface area contributed by atoms with E-state index in [1.807, 2.05) is 32.9 Å². The Morgan fingerprint density at radius 1 is 1.27 bits per heavy atom. The van der Waals surface area contributed by atoms with Gasteiger partial charge in [-0.15, -0.1) is 0 Å². The Kier molecular flexibility index (Phi) is 7.00. The average molecular weight is 379 g/mol. The van der Waals surface area contributed by atoms with Crippen LogP contribution in [-0.2, 0) is 4.79 Å². The molecule has 2 aromatic carbocycles. The van der Waals surface area contributed by atoms with Gasteiger partial charge in [-0.05, 0) is 38.5 Å². The minimum Gasteiger partial charge on any atom is -0.453 e. The standard InChI is InChI=1S/C20H24ClFN2O2/c1-4-17(24-13(3)11-18(23)25)15-9-10-16(21)20(19(15)22)26-14-7-5-12(2)6-8-14/h5-10,13,17,24H,4,11H2,1-3H3,(H2,23,25)/t13-,17-/m1/s1. The molecule has 0 heterocycles. The maximum atomic E-state index is 15.1. The molecule has 0 radical (unpaired) electrons. The van der Waals surface area contributed by atoms with Crippen molar-refractivity contribution in [2.45, 2.75) is 45.7 Å². The van der Waals surface area contributed by atoms with E-state index in [4.69, 9.17) is 22.1 Å². The number of primary amides is 1. The van der Waals surface area contributed by atoms with Crippen molar-refractivity contribution in [1.29, 1.82) is 0 Å². The van der Waals surface area contributed by atoms with Gasteiger partial charge in [0.15, 0.2) is 11.6 Å². The molecule has 6 heteroatoms. The Hall–Kier alpha value is -2.11. The molecule has 140 valence electrons. The highest BCUT2D eigenvalue weighted by molar-refractivity contribution is 6.32. The fraction of sp³-hybridized carbons (Fsp3) is 0.350. The van der Waals surface area contributed by atoms with Crippen LogP contribution in [0.15, 0.2) is 36.4 Å². The van der Waals surface area contributed by atoms with Crippen LogP contribution in [0.3, 0.4) is 0 Å². The van der Waals surface area contributed by atoms with Gasteiger partial charge in [0.25, 0.3) is 0 Å². The van der Waals surface area contributed by atoms with Crippen molar-refractivity contribution in [3.63, 3.8) is 0 Å². The van der Waals surface area contributed by atoms with E-state index in [0.717, 1.165) is 5.56 Å². The monoisotopic (exact) mass is 378 g/mol. The van der Waals surface area contributed by atoms with Crippen LogP contribution in [0, 0.1) is 12.7 Å². The molecule has 26 heavy (non-hydrogen) atoms. The van der Waals surface area contributed by atoms with Crippen LogP contribution in [0.5, 0.6) is 11.5 Å². The highest BCUT2D eigenvalue weighted by Gasteiger charge is 2.22. The van der Waals surface area contributed by atoms with Crippen molar-refractivity contribution in [3.05, 3.63) is 58.4 Å². The number of carbonyl (C=O) groups is 1. The highest BCUT2D eigenvalue weighted by atomic mass is 35.5. The molecule has 0 bridgehead atoms. The van der Waals surface area contributed by atoms with Gasteiger partial charge in [-0.1, -0.05) is 42.3 Å². The first-order valence-electron chi connectivity index (χ1n) is 8.58. The summed E-state index contributed by atoms with van der Waals surface area (Å²) in [7, 11) is 0. The van der Waals surface area contributed by atoms with Gasteiger partial charge >= 0.3 is 0 Å². The van der Waals surface area contributed by atoms with Gasteiger partial charge in [-0.2, -0.15) is 0 Å². The van der Waals surface area contributed by atoms with Gasteiger partial charge in [0.05, 0.1) is 5.02 Å². The molecule has 0 aliphatic carbocycles. The summed E-state index contributed by atoms with van der Waals surface area (Å²) in [6.45, 7) is 5.73. The van der Waals surface area contributed by atoms with Gasteiger partial charge in [-0.3, -0.25) is 4.79 Å². The zero-order chi connectivity index (χ0) is 19.3. The van der Waals surface area contributed by atoms with Gasteiger partial charge in [0.2, 0.25) is 5.91 Å². The quantitative estimate of drug-likeness (QED) is 0.687. The number of nitrogens with one attached hydrogen (secondary N) is 1. The fourth-order valence-electron chi connectivity index (χ4n) is 2.77. The lowest BCUT2D eigenvalue weighted by molar-refractivity contribution is -0.118. The van der Waals surface area contributed by atoms with Gasteiger partial charge < -0.3 is 15.8 Å². The number of amides is 1. The average Bonchev–Trinajstić information content (AvgIpc) is 2.58. The molecule has 0 aromatic heterocycles. The third kappa shape index (κ3) is 5.19. The number of benzene rings is 2. The zero-order valence-electron chi connectivity index (χ0n) is 15.2. The summed E-state index contributed by atoms with van der Waals surface area (Å²) in [4.78, 5) is 11.1. The fourth-order valence-corrected chi connectivity index (χ4v) is 2.95. The minimum atomic E-state index is -0.510. The van der Waals surface area contributed by atoms with E-state index in [2.05, 4.69) is 5.32 Å². The summed E-state index contributed by atoms with van der Waals surface area (Å²) >= 11 is 6.16. The highest BCUT2D eigenvalue weighted by Crippen LogP contribution is 2.36. The lowest BCUT2D eigenvalue weighted by atomic mass is 10.0. The summed E-state index contributed by atoms with van der Waals surface area (Å²) in [5.74, 6) is -0.406. The van der Waals surface area contributed by atoms with E-state index in [0.29, 0.717) is 17.7 Å². The summed E-state index contributed by atoms with van der Waals surface area (Å²) in [5.41, 5.74) is 6.75. The number of aryl methyl sites for hydroxylation is 1. The Morgan fingerprint density at radius 2 is 1.92 bits per heavy atom. The summed E-state index contributed by atoms with van der Waals surface area (Å²) in [5, 5.41) is 3.43. The smallest absolute Gasteiger partial charge is 0.218 e. The van der Waals surface area contributed by atoms with Crippen LogP contribution >= 0.6 is 11.6 Å². The summed E-state index contributed by atoms with van der Waals surface area (Å²) < 4.78 is 20.8. The number of nitrogens with two attached hydrogens (primary N) is 1. The van der Waals surface area contributed by atoms with Gasteiger partial charge in [0.1, 0.15) is 5.75 Å². The van der Waals surface area contributed by atoms with Crippen molar-refractivity contribution >= 4 is 17.5 Å². The molecule has 0 unspecified atom stereocenters. The molecule has 0 aliphatic rings. The third-order valence-electron chi connectivity index (χ3n) is 4.10. The van der Waals surface area contributed by atoms with Crippen molar-refractivity contribution < 1.29 is 13.9 Å². The first-order valence-corrected chi connectivity index (χ1v) is 8.96. The van der Waals surface area contributed by atoms with Crippen LogP contribution in [0.1, 0.15) is 43.9 Å². The second-order valence-electron chi connectivity index (χ2n) is 6.39. The number of rotatable bonds is 8. The third-order valence-corrected chi connectivity index (χ3v) is 4.39. The van der Waals surface area contributed by atoms with Crippen LogP contribution in [0.2, 0.25) is 5.02 Å². The van der Waals surface area contributed by atoms with E-state index in [1.54, 1.807) is 24.3 Å². The molecular weight excluding hydrogens is 355 g/mol. The van der Waals surface area contributed by atoms with E-state index >= 15 is 4.39 Å². The molecule has 3 N–H and O–H groups in total. The molecule has 1 amide bonds. The lowest BCUT2D eigenvalue weighted by Gasteiger charge is -2.23. The molecular formula is C20H24ClFN2O2. The van der Waals surface area contributed by atoms with Crippen LogP contribution < -0.4 is 15.8 Å². The van der Waals surface area contributed by atoms with Crippen LogP contribution in [-0.4, -0.2) is 11.9 Å². The van der Waals surface area contributed by atoms with Gasteiger partial charge in [-0.25, -0.2) is 4.39 Å². The van der Waals surface area contributed by atoms with E-state index in [1.165, 1.54) is 0 Å². The Balaban J connectivity index is 2.28. The zero-order valence-corrected chi connectivity index (χ0v) is 15.9. The lowest BCUT2D eigenvalue weighted by Crippen LogP contribution is -2.34. The normalized spacial score (nSPS) is 13.3. The number of ether oxygens (including phenoxy) is 1. The number of hydrogen-bond acceptors (Lipinski definition) is 3. The molecule has 2 atom stereocenters. The maximum absolute atomic E-state index is 15.1. The number of carbonyl (C=O) groups excluding carboxylic acids is 1. The maximum Gasteiger partial charge on any atom is 0.218 e. The molecule has 2 rings (SSSR count). The topological polar surface area (TPSA) is 64.3 Å². The predicted octanol–water partition coefficient (Wildman–Crippen LogP) is 4.88. The molecule has 0 fully saturated rings. The van der Waals surface area contributed by atoms with Crippen molar-refractivity contribution in [1.82, 2.24) is 5.32 Å². The molecule has 4 nitrogen and oxygen atoms in total. The molecule has 0 aliphatic heterocycles. The first-order chi connectivity index (χ1) is 12.3. The number of halogens is 2. The predicted molar refractivity (Wildman–Crippen MR) is 102 cm³/mol. The van der Waals surface area contributed by atoms with Crippen molar-refractivity contribution in [3.8, 4) is 11.5 Å². The second kappa shape index (κ2) is 9.01. The first kappa shape index (κ1) is 20.2. The summed E-state index contributed by atoms with van der Waals surface area (Å²) in [6, 6.07) is 10.1. The minimum absolute atomic E-state index is 0.00387. The van der Waals surface area contributed by atoms with Crippen LogP contribution in [0.25, 0.3) is 0 Å². The Morgan fingerprint density at radius 3 is 2.50 bits per heavy atom. The Bertz CT molecular complexity index is 765. The van der Waals surface area contributed by atoms with Crippen molar-refractivity contribution in [2.24, 2.45) is 5.73 Å². The van der Waals surface area contributed by atoms with Gasteiger partial charge in [0, 0.05) is 24.1 Å². The van der Waals surface area contributed by atoms with E-state index in [-0.39, 0.29) is 29.3 Å². The van der Waals surface area contributed by atoms with Crippen molar-refractivity contribution in [2.75, 3.05) is 0 Å². The van der Waals surface area contributed by atoms with E-state index in [9.17, 15) is 4.79 Å². The SMILES string of the molecule is CC[C@@H](N[C@H](C)CC(N)=O)c1ccc(Cl)c(Oc2ccc(C)cc2)c1F. The molecule has 0 spiro atoms. The molecule has 2 aromatic rings. The number of hydrogen-bond donors (Lipinski definition) is 2. The largest absolute Gasteiger partial charge is 0.453 e. The molecule has 0 saturated heterocycles. The van der Waals surface area contributed by atoms with E-state index < -0.39 is 11.7 Å². The molecule has 0 saturated carbocycles.